The van der Waals surface area contributed by atoms with Crippen molar-refractivity contribution in [3.05, 3.63) is 29.3 Å². The molecule has 0 heterocycles. The van der Waals surface area contributed by atoms with Gasteiger partial charge in [0.05, 0.1) is 19.0 Å². The number of hydrogen-bond acceptors (Lipinski definition) is 5. The Morgan fingerprint density at radius 1 is 1.28 bits per heavy atom. The standard InChI is InChI=1S/C23H35NO4S/c1-5-12-27-16-7-9-17-15(13-16)6-8-19-18(17)10-11-23(2)20(19)14-21(22(23)24-3)28-29(4,25)26/h7,9,13,18-22,24H,5-6,8,10-12,14H2,1-4H3/t18-,19-,20+,21-,22+,23+/m1/s1. The first-order chi connectivity index (χ1) is 13.8. The third kappa shape index (κ3) is 3.84. The fourth-order valence-electron chi connectivity index (χ4n) is 6.69. The highest BCUT2D eigenvalue weighted by Crippen LogP contribution is 2.61. The van der Waals surface area contributed by atoms with E-state index in [1.807, 2.05) is 7.05 Å². The second-order valence-corrected chi connectivity index (χ2v) is 11.1. The van der Waals surface area contributed by atoms with Crippen molar-refractivity contribution in [1.82, 2.24) is 5.32 Å². The van der Waals surface area contributed by atoms with E-state index in [1.165, 1.54) is 17.4 Å². The number of likely N-dealkylation sites (N-methyl/N-ethyl adjacent to an activating group) is 1. The molecule has 0 aliphatic heterocycles. The topological polar surface area (TPSA) is 64.6 Å². The lowest BCUT2D eigenvalue weighted by Gasteiger charge is -2.50. The number of hydrogen-bond donors (Lipinski definition) is 1. The van der Waals surface area contributed by atoms with Crippen LogP contribution in [0, 0.1) is 17.3 Å². The van der Waals surface area contributed by atoms with E-state index in [1.54, 1.807) is 0 Å². The van der Waals surface area contributed by atoms with Crippen molar-refractivity contribution in [1.29, 1.82) is 0 Å². The molecule has 0 spiro atoms. The molecule has 0 saturated heterocycles. The largest absolute Gasteiger partial charge is 0.494 e. The van der Waals surface area contributed by atoms with E-state index in [2.05, 4.69) is 37.4 Å². The van der Waals surface area contributed by atoms with Crippen LogP contribution in [0.2, 0.25) is 0 Å². The smallest absolute Gasteiger partial charge is 0.264 e. The summed E-state index contributed by atoms with van der Waals surface area (Å²) in [4.78, 5) is 0. The van der Waals surface area contributed by atoms with Crippen molar-refractivity contribution in [2.24, 2.45) is 17.3 Å². The second kappa shape index (κ2) is 7.86. The maximum atomic E-state index is 11.9. The van der Waals surface area contributed by atoms with Gasteiger partial charge >= 0.3 is 0 Å². The lowest BCUT2D eigenvalue weighted by Crippen LogP contribution is -2.50. The van der Waals surface area contributed by atoms with Gasteiger partial charge in [-0.3, -0.25) is 4.18 Å². The molecule has 4 rings (SSSR count). The zero-order chi connectivity index (χ0) is 20.8. The molecule has 1 aromatic rings. The average Bonchev–Trinajstić information content (AvgIpc) is 2.95. The fraction of sp³-hybridized carbons (Fsp3) is 0.739. The van der Waals surface area contributed by atoms with E-state index in [0.29, 0.717) is 17.8 Å². The van der Waals surface area contributed by atoms with Crippen LogP contribution in [0.5, 0.6) is 5.75 Å². The molecular weight excluding hydrogens is 386 g/mol. The monoisotopic (exact) mass is 421 g/mol. The number of fused-ring (bicyclic) bond motifs is 5. The summed E-state index contributed by atoms with van der Waals surface area (Å²) in [6, 6.07) is 6.74. The highest BCUT2D eigenvalue weighted by Gasteiger charge is 2.58. The molecule has 1 aromatic carbocycles. The Bertz CT molecular complexity index is 854. The minimum Gasteiger partial charge on any atom is -0.494 e. The summed E-state index contributed by atoms with van der Waals surface area (Å²) in [5.41, 5.74) is 3.00. The minimum absolute atomic E-state index is 0.0763. The Kier molecular flexibility index (Phi) is 5.73. The van der Waals surface area contributed by atoms with Gasteiger partial charge in [-0.1, -0.05) is 19.9 Å². The van der Waals surface area contributed by atoms with Gasteiger partial charge in [-0.15, -0.1) is 0 Å². The van der Waals surface area contributed by atoms with Gasteiger partial charge < -0.3 is 10.1 Å². The van der Waals surface area contributed by atoms with Crippen molar-refractivity contribution in [2.45, 2.75) is 70.4 Å². The maximum Gasteiger partial charge on any atom is 0.264 e. The summed E-state index contributed by atoms with van der Waals surface area (Å²) in [7, 11) is -1.52. The predicted octanol–water partition coefficient (Wildman–Crippen LogP) is 3.87. The van der Waals surface area contributed by atoms with Crippen molar-refractivity contribution < 1.29 is 17.3 Å². The summed E-state index contributed by atoms with van der Waals surface area (Å²) in [6.45, 7) is 5.24. The van der Waals surface area contributed by atoms with Crippen molar-refractivity contribution in [2.75, 3.05) is 19.9 Å². The van der Waals surface area contributed by atoms with Crippen LogP contribution in [0.3, 0.4) is 0 Å². The van der Waals surface area contributed by atoms with Gasteiger partial charge in [0.15, 0.2) is 0 Å². The number of ether oxygens (including phenoxy) is 1. The summed E-state index contributed by atoms with van der Waals surface area (Å²) in [6.07, 6.45) is 7.24. The Morgan fingerprint density at radius 3 is 2.76 bits per heavy atom. The molecule has 6 heteroatoms. The molecule has 29 heavy (non-hydrogen) atoms. The maximum absolute atomic E-state index is 11.9. The highest BCUT2D eigenvalue weighted by atomic mass is 32.2. The van der Waals surface area contributed by atoms with E-state index in [0.717, 1.165) is 50.9 Å². The third-order valence-electron chi connectivity index (χ3n) is 7.79. The van der Waals surface area contributed by atoms with Crippen LogP contribution >= 0.6 is 0 Å². The van der Waals surface area contributed by atoms with Crippen molar-refractivity contribution >= 4 is 10.1 Å². The second-order valence-electron chi connectivity index (χ2n) is 9.51. The first-order valence-corrected chi connectivity index (χ1v) is 12.9. The molecule has 2 saturated carbocycles. The Labute approximate surface area is 175 Å². The van der Waals surface area contributed by atoms with Gasteiger partial charge in [0, 0.05) is 6.04 Å². The van der Waals surface area contributed by atoms with Crippen LogP contribution < -0.4 is 10.1 Å². The molecule has 5 nitrogen and oxygen atoms in total. The molecule has 3 aliphatic rings. The van der Waals surface area contributed by atoms with Crippen LogP contribution in [-0.2, 0) is 20.7 Å². The van der Waals surface area contributed by atoms with Crippen LogP contribution in [0.4, 0.5) is 0 Å². The molecular formula is C23H35NO4S. The van der Waals surface area contributed by atoms with E-state index >= 15 is 0 Å². The molecule has 0 aromatic heterocycles. The number of nitrogens with one attached hydrogen (secondary N) is 1. The third-order valence-corrected chi connectivity index (χ3v) is 8.38. The van der Waals surface area contributed by atoms with Gasteiger partial charge in [-0.05, 0) is 92.0 Å². The lowest BCUT2D eigenvalue weighted by molar-refractivity contribution is 0.0398. The van der Waals surface area contributed by atoms with Crippen LogP contribution in [-0.4, -0.2) is 40.5 Å². The van der Waals surface area contributed by atoms with Gasteiger partial charge in [-0.25, -0.2) is 0 Å². The average molecular weight is 422 g/mol. The minimum atomic E-state index is -3.46. The van der Waals surface area contributed by atoms with E-state index in [9.17, 15) is 8.42 Å². The van der Waals surface area contributed by atoms with Gasteiger partial charge in [0.25, 0.3) is 10.1 Å². The molecule has 162 valence electrons. The predicted molar refractivity (Wildman–Crippen MR) is 115 cm³/mol. The summed E-state index contributed by atoms with van der Waals surface area (Å²) in [5, 5.41) is 3.41. The molecule has 3 aliphatic carbocycles. The van der Waals surface area contributed by atoms with Crippen LogP contribution in [0.15, 0.2) is 18.2 Å². The normalized spacial score (nSPS) is 36.2. The highest BCUT2D eigenvalue weighted by molar-refractivity contribution is 7.86. The summed E-state index contributed by atoms with van der Waals surface area (Å²) < 4.78 is 35.1. The molecule has 0 unspecified atom stereocenters. The fourth-order valence-corrected chi connectivity index (χ4v) is 7.33. The zero-order valence-electron chi connectivity index (χ0n) is 18.1. The lowest BCUT2D eigenvalue weighted by atomic mass is 9.55. The van der Waals surface area contributed by atoms with Crippen molar-refractivity contribution in [3.8, 4) is 5.75 Å². The van der Waals surface area contributed by atoms with Gasteiger partial charge in [-0.2, -0.15) is 8.42 Å². The SMILES string of the molecule is CCCOc1ccc2c(c1)CC[C@@H]1[C@@H]2CC[C@@]2(C)[C@H]1C[C@@H](OS(C)(=O)=O)[C@@H]2NC. The van der Waals surface area contributed by atoms with Crippen LogP contribution in [0.25, 0.3) is 0 Å². The Morgan fingerprint density at radius 2 is 2.07 bits per heavy atom. The van der Waals surface area contributed by atoms with Crippen molar-refractivity contribution in [3.63, 3.8) is 0 Å². The summed E-state index contributed by atoms with van der Waals surface area (Å²) in [5.74, 6) is 2.62. The molecule has 6 atom stereocenters. The van der Waals surface area contributed by atoms with Gasteiger partial charge in [0.1, 0.15) is 5.75 Å². The Balaban J connectivity index is 1.60. The first-order valence-electron chi connectivity index (χ1n) is 11.1. The van der Waals surface area contributed by atoms with E-state index in [-0.39, 0.29) is 17.6 Å². The van der Waals surface area contributed by atoms with Gasteiger partial charge in [0.2, 0.25) is 0 Å². The number of rotatable bonds is 6. The molecule has 0 radical (unpaired) electrons. The molecule has 2 fully saturated rings. The quantitative estimate of drug-likeness (QED) is 0.707. The first kappa shape index (κ1) is 21.1. The zero-order valence-corrected chi connectivity index (χ0v) is 18.9. The van der Waals surface area contributed by atoms with E-state index < -0.39 is 10.1 Å². The van der Waals surface area contributed by atoms with E-state index in [4.69, 9.17) is 8.92 Å². The molecule has 0 bridgehead atoms. The number of aryl methyl sites for hydroxylation is 1. The summed E-state index contributed by atoms with van der Waals surface area (Å²) >= 11 is 0. The Hall–Kier alpha value is -1.11. The molecule has 0 amide bonds. The molecule has 1 N–H and O–H groups in total. The number of benzene rings is 1. The van der Waals surface area contributed by atoms with Crippen LogP contribution in [0.1, 0.15) is 63.0 Å².